The van der Waals surface area contributed by atoms with Gasteiger partial charge in [0.15, 0.2) is 0 Å². The van der Waals surface area contributed by atoms with E-state index in [0.717, 1.165) is 22.8 Å². The van der Waals surface area contributed by atoms with E-state index in [0.29, 0.717) is 5.75 Å². The lowest BCUT2D eigenvalue weighted by molar-refractivity contribution is 0.450. The van der Waals surface area contributed by atoms with Gasteiger partial charge in [-0.2, -0.15) is 8.42 Å². The molecule has 0 unspecified atom stereocenters. The highest BCUT2D eigenvalue weighted by atomic mass is 32.2. The minimum atomic E-state index is -4.00. The summed E-state index contributed by atoms with van der Waals surface area (Å²) in [6.07, 6.45) is 6.26. The highest BCUT2D eigenvalue weighted by molar-refractivity contribution is 8.23. The van der Waals surface area contributed by atoms with Crippen LogP contribution in [0.3, 0.4) is 0 Å². The maximum Gasteiger partial charge on any atom is 0.287 e. The van der Waals surface area contributed by atoms with Gasteiger partial charge in [0.25, 0.3) is 10.1 Å². The SMILES string of the molecule is O=S(=O)(O)/C=C\CSC(=S)N1CCCCCC1. The average Bonchev–Trinajstić information content (AvgIpc) is 2.51. The smallest absolute Gasteiger partial charge is 0.287 e. The molecule has 0 amide bonds. The van der Waals surface area contributed by atoms with E-state index in [9.17, 15) is 8.42 Å². The van der Waals surface area contributed by atoms with Crippen LogP contribution in [-0.4, -0.2) is 41.0 Å². The van der Waals surface area contributed by atoms with Crippen molar-refractivity contribution in [2.45, 2.75) is 25.7 Å². The van der Waals surface area contributed by atoms with Crippen molar-refractivity contribution in [3.63, 3.8) is 0 Å². The summed E-state index contributed by atoms with van der Waals surface area (Å²) in [4.78, 5) is 2.17. The molecule has 7 heteroatoms. The monoisotopic (exact) mass is 295 g/mol. The average molecular weight is 295 g/mol. The molecule has 1 aliphatic rings. The van der Waals surface area contributed by atoms with Crippen molar-refractivity contribution in [2.75, 3.05) is 18.8 Å². The predicted molar refractivity (Wildman–Crippen MR) is 75.8 cm³/mol. The number of rotatable bonds is 3. The quantitative estimate of drug-likeness (QED) is 0.637. The number of hydrogen-bond donors (Lipinski definition) is 1. The van der Waals surface area contributed by atoms with E-state index in [2.05, 4.69) is 4.90 Å². The largest absolute Gasteiger partial charge is 0.358 e. The number of thiocarbonyl (C=S) groups is 1. The molecular weight excluding hydrogens is 278 g/mol. The van der Waals surface area contributed by atoms with Gasteiger partial charge >= 0.3 is 0 Å². The van der Waals surface area contributed by atoms with Gasteiger partial charge in [-0.3, -0.25) is 4.55 Å². The third kappa shape index (κ3) is 7.03. The van der Waals surface area contributed by atoms with Crippen molar-refractivity contribution in [1.82, 2.24) is 4.90 Å². The van der Waals surface area contributed by atoms with Crippen LogP contribution in [-0.2, 0) is 10.1 Å². The Balaban J connectivity index is 2.31. The summed E-state index contributed by atoms with van der Waals surface area (Å²) in [5.41, 5.74) is 0. The van der Waals surface area contributed by atoms with Crippen molar-refractivity contribution >= 4 is 38.4 Å². The fourth-order valence-corrected chi connectivity index (χ4v) is 3.17. The van der Waals surface area contributed by atoms with Crippen LogP contribution in [0.2, 0.25) is 0 Å². The summed E-state index contributed by atoms with van der Waals surface area (Å²) in [5, 5.41) is 0.797. The molecule has 1 aliphatic heterocycles. The van der Waals surface area contributed by atoms with E-state index in [1.807, 2.05) is 0 Å². The van der Waals surface area contributed by atoms with Gasteiger partial charge in [0.05, 0.1) is 5.41 Å². The third-order valence-corrected chi connectivity index (χ3v) is 4.45. The predicted octanol–water partition coefficient (Wildman–Crippen LogP) is 2.28. The van der Waals surface area contributed by atoms with Crippen LogP contribution in [0.15, 0.2) is 11.5 Å². The molecule has 0 spiro atoms. The molecule has 4 nitrogen and oxygen atoms in total. The van der Waals surface area contributed by atoms with Crippen molar-refractivity contribution in [3.8, 4) is 0 Å². The van der Waals surface area contributed by atoms with Crippen LogP contribution in [0.25, 0.3) is 0 Å². The van der Waals surface area contributed by atoms with E-state index < -0.39 is 10.1 Å². The van der Waals surface area contributed by atoms with Gasteiger partial charge in [0, 0.05) is 18.8 Å². The molecule has 0 aliphatic carbocycles. The molecule has 0 aromatic heterocycles. The van der Waals surface area contributed by atoms with Crippen molar-refractivity contribution in [3.05, 3.63) is 11.5 Å². The molecule has 1 rings (SSSR count). The number of hydrogen-bond acceptors (Lipinski definition) is 4. The Morgan fingerprint density at radius 3 is 2.41 bits per heavy atom. The molecule has 0 bridgehead atoms. The Bertz CT molecular complexity index is 370. The summed E-state index contributed by atoms with van der Waals surface area (Å²) in [6.45, 7) is 1.99. The van der Waals surface area contributed by atoms with Crippen LogP contribution in [0.4, 0.5) is 0 Å². The van der Waals surface area contributed by atoms with Crippen LogP contribution < -0.4 is 0 Å². The van der Waals surface area contributed by atoms with Gasteiger partial charge in [0.2, 0.25) is 0 Å². The zero-order valence-electron chi connectivity index (χ0n) is 9.54. The molecule has 98 valence electrons. The second-order valence-electron chi connectivity index (χ2n) is 3.86. The van der Waals surface area contributed by atoms with Crippen molar-refractivity contribution in [1.29, 1.82) is 0 Å². The molecule has 1 saturated heterocycles. The van der Waals surface area contributed by atoms with Gasteiger partial charge in [0.1, 0.15) is 4.32 Å². The second kappa shape index (κ2) is 7.35. The Morgan fingerprint density at radius 1 is 1.29 bits per heavy atom. The number of thioether (sulfide) groups is 1. The fourth-order valence-electron chi connectivity index (χ4n) is 1.62. The first-order valence-electron chi connectivity index (χ1n) is 5.55. The van der Waals surface area contributed by atoms with Crippen molar-refractivity contribution < 1.29 is 13.0 Å². The molecule has 1 N–H and O–H groups in total. The summed E-state index contributed by atoms with van der Waals surface area (Å²) >= 11 is 6.71. The van der Waals surface area contributed by atoms with Crippen LogP contribution in [0.1, 0.15) is 25.7 Å². The first-order chi connectivity index (χ1) is 7.99. The molecule has 17 heavy (non-hydrogen) atoms. The minimum Gasteiger partial charge on any atom is -0.358 e. The van der Waals surface area contributed by atoms with E-state index in [1.54, 1.807) is 0 Å². The van der Waals surface area contributed by atoms with Gasteiger partial charge in [-0.15, -0.1) is 0 Å². The molecule has 0 radical (unpaired) electrons. The fraction of sp³-hybridized carbons (Fsp3) is 0.700. The van der Waals surface area contributed by atoms with Crippen molar-refractivity contribution in [2.24, 2.45) is 0 Å². The summed E-state index contributed by atoms with van der Waals surface area (Å²) in [6, 6.07) is 0. The van der Waals surface area contributed by atoms with Crippen LogP contribution in [0, 0.1) is 0 Å². The molecular formula is C10H17NO3S3. The molecule has 1 fully saturated rings. The third-order valence-electron chi connectivity index (χ3n) is 2.44. The van der Waals surface area contributed by atoms with Gasteiger partial charge < -0.3 is 4.90 Å². The Morgan fingerprint density at radius 2 is 1.88 bits per heavy atom. The highest BCUT2D eigenvalue weighted by Crippen LogP contribution is 2.16. The first kappa shape index (κ1) is 14.9. The number of likely N-dealkylation sites (tertiary alicyclic amines) is 1. The van der Waals surface area contributed by atoms with Crippen LogP contribution >= 0.6 is 24.0 Å². The summed E-state index contributed by atoms with van der Waals surface area (Å²) in [7, 11) is -4.00. The maximum atomic E-state index is 10.4. The van der Waals surface area contributed by atoms with Gasteiger partial charge in [-0.25, -0.2) is 0 Å². The lowest BCUT2D eigenvalue weighted by Gasteiger charge is -2.21. The zero-order valence-corrected chi connectivity index (χ0v) is 12.0. The molecule has 1 heterocycles. The summed E-state index contributed by atoms with van der Waals surface area (Å²) in [5.74, 6) is 0.467. The first-order valence-corrected chi connectivity index (χ1v) is 8.44. The van der Waals surface area contributed by atoms with E-state index in [4.69, 9.17) is 16.8 Å². The normalized spacial score (nSPS) is 18.3. The van der Waals surface area contributed by atoms with Crippen LogP contribution in [0.5, 0.6) is 0 Å². The van der Waals surface area contributed by atoms with Gasteiger partial charge in [-0.05, 0) is 12.8 Å². The molecule has 0 saturated carbocycles. The lowest BCUT2D eigenvalue weighted by atomic mass is 10.2. The highest BCUT2D eigenvalue weighted by Gasteiger charge is 2.11. The molecule has 0 aromatic carbocycles. The summed E-state index contributed by atoms with van der Waals surface area (Å²) < 4.78 is 30.2. The maximum absolute atomic E-state index is 10.4. The Labute approximate surface area is 112 Å². The van der Waals surface area contributed by atoms with Gasteiger partial charge in [-0.1, -0.05) is 42.9 Å². The number of nitrogens with zero attached hydrogens (tertiary/aromatic N) is 1. The van der Waals surface area contributed by atoms with E-state index >= 15 is 0 Å². The lowest BCUT2D eigenvalue weighted by Crippen LogP contribution is -2.28. The Kier molecular flexibility index (Phi) is 6.47. The standard InChI is InChI=1S/C10H17NO3S3/c12-17(13,14)9-5-8-16-10(15)11-6-3-1-2-4-7-11/h5,9H,1-4,6-8H2,(H,12,13,14)/b9-5-. The Hall–Kier alpha value is -0.110. The minimum absolute atomic E-state index is 0.467. The molecule has 0 atom stereocenters. The molecule has 0 aromatic rings. The topological polar surface area (TPSA) is 57.6 Å². The van der Waals surface area contributed by atoms with E-state index in [1.165, 1.54) is 43.5 Å². The van der Waals surface area contributed by atoms with E-state index in [-0.39, 0.29) is 0 Å². The second-order valence-corrected chi connectivity index (χ2v) is 6.82. The zero-order chi connectivity index (χ0) is 12.7.